The largest absolute Gasteiger partial charge is 0.444 e. The lowest BCUT2D eigenvalue weighted by Crippen LogP contribution is -2.36. The highest BCUT2D eigenvalue weighted by Gasteiger charge is 2.19. The molecule has 1 aromatic heterocycles. The van der Waals surface area contributed by atoms with Gasteiger partial charge in [-0.05, 0) is 32.9 Å². The molecule has 1 aromatic carbocycles. The van der Waals surface area contributed by atoms with E-state index in [1.165, 1.54) is 0 Å². The molecule has 0 radical (unpaired) electrons. The number of nitrogens with one attached hydrogen (secondary N) is 1. The zero-order valence-electron chi connectivity index (χ0n) is 13.6. The van der Waals surface area contributed by atoms with Crippen LogP contribution < -0.4 is 5.32 Å². The van der Waals surface area contributed by atoms with Gasteiger partial charge in [0.05, 0.1) is 0 Å². The Kier molecular flexibility index (Phi) is 4.85. The maximum absolute atomic E-state index is 11.9. The van der Waals surface area contributed by atoms with E-state index in [4.69, 9.17) is 4.74 Å². The second-order valence-electron chi connectivity index (χ2n) is 6.23. The first-order valence-corrected chi connectivity index (χ1v) is 7.37. The normalized spacial score (nSPS) is 11.3. The Morgan fingerprint density at radius 3 is 2.82 bits per heavy atom. The van der Waals surface area contributed by atoms with E-state index in [1.54, 1.807) is 18.1 Å². The molecule has 0 bridgehead atoms. The van der Waals surface area contributed by atoms with Crippen LogP contribution in [0.25, 0.3) is 10.8 Å². The summed E-state index contributed by atoms with van der Waals surface area (Å²) in [4.78, 5) is 17.6. The van der Waals surface area contributed by atoms with Gasteiger partial charge >= 0.3 is 6.09 Å². The molecular formula is C17H23N3O2. The zero-order chi connectivity index (χ0) is 16.2. The van der Waals surface area contributed by atoms with Gasteiger partial charge in [-0.25, -0.2) is 4.79 Å². The average molecular weight is 301 g/mol. The number of pyridine rings is 1. The molecule has 0 atom stereocenters. The maximum atomic E-state index is 11.9. The molecule has 0 fully saturated rings. The molecular weight excluding hydrogens is 278 g/mol. The minimum Gasteiger partial charge on any atom is -0.444 e. The molecule has 2 aromatic rings. The molecule has 5 nitrogen and oxygen atoms in total. The van der Waals surface area contributed by atoms with Gasteiger partial charge in [0.2, 0.25) is 0 Å². The molecule has 118 valence electrons. The number of carbonyl (C=O) groups is 1. The zero-order valence-corrected chi connectivity index (χ0v) is 13.6. The predicted molar refractivity (Wildman–Crippen MR) is 89.1 cm³/mol. The van der Waals surface area contributed by atoms with Gasteiger partial charge in [0.15, 0.2) is 0 Å². The van der Waals surface area contributed by atoms with E-state index in [2.05, 4.69) is 10.3 Å². The van der Waals surface area contributed by atoms with Gasteiger partial charge in [0.1, 0.15) is 5.60 Å². The van der Waals surface area contributed by atoms with Crippen LogP contribution >= 0.6 is 0 Å². The summed E-state index contributed by atoms with van der Waals surface area (Å²) in [5.41, 5.74) is 0.569. The van der Waals surface area contributed by atoms with Crippen molar-refractivity contribution >= 4 is 22.6 Å². The van der Waals surface area contributed by atoms with Crippen LogP contribution in [0, 0.1) is 0 Å². The molecule has 5 heteroatoms. The molecule has 1 heterocycles. The van der Waals surface area contributed by atoms with E-state index in [1.807, 2.05) is 51.2 Å². The Labute approximate surface area is 131 Å². The third-order valence-electron chi connectivity index (χ3n) is 3.15. The highest BCUT2D eigenvalue weighted by molar-refractivity contribution is 5.93. The van der Waals surface area contributed by atoms with Crippen LogP contribution in [0.4, 0.5) is 10.5 Å². The number of hydrogen-bond donors (Lipinski definition) is 1. The van der Waals surface area contributed by atoms with E-state index < -0.39 is 5.60 Å². The number of ether oxygens (including phenoxy) is 1. The van der Waals surface area contributed by atoms with Gasteiger partial charge in [-0.1, -0.05) is 12.1 Å². The van der Waals surface area contributed by atoms with Crippen molar-refractivity contribution in [2.24, 2.45) is 0 Å². The summed E-state index contributed by atoms with van der Waals surface area (Å²) in [5.74, 6) is 0. The quantitative estimate of drug-likeness (QED) is 0.939. The van der Waals surface area contributed by atoms with Crippen molar-refractivity contribution in [2.75, 3.05) is 25.5 Å². The van der Waals surface area contributed by atoms with E-state index >= 15 is 0 Å². The van der Waals surface area contributed by atoms with Gasteiger partial charge < -0.3 is 15.0 Å². The number of nitrogens with zero attached hydrogens (tertiary/aromatic N) is 2. The predicted octanol–water partition coefficient (Wildman–Crippen LogP) is 3.51. The number of hydrogen-bond acceptors (Lipinski definition) is 4. The summed E-state index contributed by atoms with van der Waals surface area (Å²) in [7, 11) is 1.74. The van der Waals surface area contributed by atoms with Crippen molar-refractivity contribution in [3.05, 3.63) is 36.7 Å². The number of rotatable bonds is 4. The van der Waals surface area contributed by atoms with Crippen LogP contribution in [0.5, 0.6) is 0 Å². The minimum atomic E-state index is -0.471. The molecule has 0 unspecified atom stereocenters. The van der Waals surface area contributed by atoms with Crippen LogP contribution in [0.3, 0.4) is 0 Å². The van der Waals surface area contributed by atoms with Gasteiger partial charge in [-0.2, -0.15) is 0 Å². The lowest BCUT2D eigenvalue weighted by atomic mass is 10.1. The highest BCUT2D eigenvalue weighted by atomic mass is 16.6. The van der Waals surface area contributed by atoms with E-state index in [0.717, 1.165) is 16.5 Å². The van der Waals surface area contributed by atoms with E-state index in [-0.39, 0.29) is 6.09 Å². The van der Waals surface area contributed by atoms with Gasteiger partial charge in [0, 0.05) is 49.0 Å². The molecule has 0 aliphatic heterocycles. The van der Waals surface area contributed by atoms with Crippen molar-refractivity contribution in [3.8, 4) is 0 Å². The maximum Gasteiger partial charge on any atom is 0.410 e. The number of amides is 1. The Morgan fingerprint density at radius 1 is 1.32 bits per heavy atom. The number of anilines is 1. The Hall–Kier alpha value is -2.30. The summed E-state index contributed by atoms with van der Waals surface area (Å²) in [5, 5.41) is 5.57. The van der Waals surface area contributed by atoms with Crippen molar-refractivity contribution in [3.63, 3.8) is 0 Å². The Morgan fingerprint density at radius 2 is 2.09 bits per heavy atom. The second kappa shape index (κ2) is 6.64. The summed E-state index contributed by atoms with van der Waals surface area (Å²) >= 11 is 0. The Bertz CT molecular complexity index is 644. The third kappa shape index (κ3) is 4.35. The smallest absolute Gasteiger partial charge is 0.410 e. The summed E-state index contributed by atoms with van der Waals surface area (Å²) in [6, 6.07) is 8.02. The van der Waals surface area contributed by atoms with E-state index in [9.17, 15) is 4.79 Å². The molecule has 1 N–H and O–H groups in total. The highest BCUT2D eigenvalue weighted by Crippen LogP contribution is 2.21. The van der Waals surface area contributed by atoms with Gasteiger partial charge in [0.25, 0.3) is 0 Å². The Balaban J connectivity index is 1.91. The molecule has 1 amide bonds. The lowest BCUT2D eigenvalue weighted by molar-refractivity contribution is 0.0305. The van der Waals surface area contributed by atoms with Crippen LogP contribution in [0.1, 0.15) is 20.8 Å². The van der Waals surface area contributed by atoms with Gasteiger partial charge in [-0.3, -0.25) is 4.98 Å². The fourth-order valence-electron chi connectivity index (χ4n) is 2.07. The van der Waals surface area contributed by atoms with Crippen LogP contribution in [-0.4, -0.2) is 41.7 Å². The molecule has 0 saturated carbocycles. The summed E-state index contributed by atoms with van der Waals surface area (Å²) < 4.78 is 5.32. The molecule has 0 spiro atoms. The monoisotopic (exact) mass is 301 g/mol. The summed E-state index contributed by atoms with van der Waals surface area (Å²) in [6.45, 7) is 6.80. The first-order valence-electron chi connectivity index (χ1n) is 7.37. The average Bonchev–Trinajstić information content (AvgIpc) is 2.45. The number of aromatic nitrogens is 1. The molecule has 2 rings (SSSR count). The number of benzene rings is 1. The topological polar surface area (TPSA) is 54.5 Å². The standard InChI is InChI=1S/C17H23N3O2/c1-17(2,3)22-16(21)20(4)11-10-19-15-7-5-6-13-12-18-9-8-14(13)15/h5-9,12,19H,10-11H2,1-4H3. The first-order chi connectivity index (χ1) is 10.4. The molecule has 0 aliphatic rings. The summed E-state index contributed by atoms with van der Waals surface area (Å²) in [6.07, 6.45) is 3.31. The van der Waals surface area contributed by atoms with E-state index in [0.29, 0.717) is 13.1 Å². The van der Waals surface area contributed by atoms with Crippen molar-refractivity contribution in [1.82, 2.24) is 9.88 Å². The molecule has 0 saturated heterocycles. The fraction of sp³-hybridized carbons (Fsp3) is 0.412. The third-order valence-corrected chi connectivity index (χ3v) is 3.15. The lowest BCUT2D eigenvalue weighted by Gasteiger charge is -2.24. The fourth-order valence-corrected chi connectivity index (χ4v) is 2.07. The van der Waals surface area contributed by atoms with Crippen molar-refractivity contribution < 1.29 is 9.53 Å². The van der Waals surface area contributed by atoms with Crippen molar-refractivity contribution in [1.29, 1.82) is 0 Å². The molecule has 0 aliphatic carbocycles. The van der Waals surface area contributed by atoms with Crippen LogP contribution in [-0.2, 0) is 4.74 Å². The SMILES string of the molecule is CN(CCNc1cccc2cnccc12)C(=O)OC(C)(C)C. The first kappa shape index (κ1) is 16.1. The van der Waals surface area contributed by atoms with Crippen LogP contribution in [0.2, 0.25) is 0 Å². The number of fused-ring (bicyclic) bond motifs is 1. The number of carbonyl (C=O) groups excluding carboxylic acids is 1. The minimum absolute atomic E-state index is 0.309. The second-order valence-corrected chi connectivity index (χ2v) is 6.23. The van der Waals surface area contributed by atoms with Crippen LogP contribution in [0.15, 0.2) is 36.7 Å². The number of likely N-dealkylation sites (N-methyl/N-ethyl adjacent to an activating group) is 1. The van der Waals surface area contributed by atoms with Gasteiger partial charge in [-0.15, -0.1) is 0 Å². The van der Waals surface area contributed by atoms with Crippen molar-refractivity contribution in [2.45, 2.75) is 26.4 Å². The molecule has 22 heavy (non-hydrogen) atoms.